The number of hydrogen-bond acceptors (Lipinski definition) is 6. The van der Waals surface area contributed by atoms with Crippen LogP contribution in [0.25, 0.3) is 0 Å². The Balaban J connectivity index is 2.18. The molecule has 3 atom stereocenters. The molecule has 0 aliphatic carbocycles. The fourth-order valence-corrected chi connectivity index (χ4v) is 3.11. The number of nitrogens with zero attached hydrogens (tertiary/aromatic N) is 2. The predicted molar refractivity (Wildman–Crippen MR) is 92.4 cm³/mol. The van der Waals surface area contributed by atoms with E-state index in [-0.39, 0.29) is 17.6 Å². The highest BCUT2D eigenvalue weighted by Gasteiger charge is 2.59. The zero-order chi connectivity index (χ0) is 20.2. The number of alkyl halides is 2. The number of carbonyl (C=O) groups is 1. The lowest BCUT2D eigenvalue weighted by Gasteiger charge is -2.21. The van der Waals surface area contributed by atoms with Crippen LogP contribution in [0.2, 0.25) is 0 Å². The van der Waals surface area contributed by atoms with Gasteiger partial charge in [0.1, 0.15) is 11.9 Å². The van der Waals surface area contributed by atoms with Crippen molar-refractivity contribution in [3.8, 4) is 0 Å². The number of halogens is 2. The normalized spacial score (nSPS) is 24.3. The molecule has 1 aliphatic rings. The van der Waals surface area contributed by atoms with Crippen molar-refractivity contribution in [3.63, 3.8) is 0 Å². The summed E-state index contributed by atoms with van der Waals surface area (Å²) in [6.45, 7) is 3.11. The average Bonchev–Trinajstić information content (AvgIpc) is 2.84. The van der Waals surface area contributed by atoms with E-state index >= 15 is 0 Å². The molecule has 1 unspecified atom stereocenters. The van der Waals surface area contributed by atoms with Crippen LogP contribution in [-0.4, -0.2) is 50.4 Å². The van der Waals surface area contributed by atoms with E-state index in [1.165, 1.54) is 6.07 Å². The number of aliphatic hydroxyl groups is 2. The summed E-state index contributed by atoms with van der Waals surface area (Å²) in [5, 5.41) is 21.1. The van der Waals surface area contributed by atoms with Gasteiger partial charge in [0.05, 0.1) is 6.61 Å². The lowest BCUT2D eigenvalue weighted by Crippen LogP contribution is -2.41. The van der Waals surface area contributed by atoms with Crippen molar-refractivity contribution in [1.82, 2.24) is 9.55 Å². The number of rotatable bonds is 8. The van der Waals surface area contributed by atoms with Crippen LogP contribution in [0.5, 0.6) is 0 Å². The topological polar surface area (TPSA) is 114 Å². The van der Waals surface area contributed by atoms with Gasteiger partial charge in [0, 0.05) is 12.1 Å². The molecule has 2 heterocycles. The molecule has 1 fully saturated rings. The second-order valence-corrected chi connectivity index (χ2v) is 6.59. The van der Waals surface area contributed by atoms with Gasteiger partial charge in [-0.05, 0) is 18.9 Å². The third-order valence-electron chi connectivity index (χ3n) is 4.54. The van der Waals surface area contributed by atoms with E-state index in [4.69, 9.17) is 9.84 Å². The molecule has 27 heavy (non-hydrogen) atoms. The van der Waals surface area contributed by atoms with Gasteiger partial charge < -0.3 is 20.3 Å². The van der Waals surface area contributed by atoms with E-state index < -0.39 is 36.7 Å². The van der Waals surface area contributed by atoms with Crippen LogP contribution >= 0.6 is 0 Å². The second kappa shape index (κ2) is 8.85. The van der Waals surface area contributed by atoms with Crippen molar-refractivity contribution < 1.29 is 28.5 Å². The second-order valence-electron chi connectivity index (χ2n) is 6.59. The molecule has 1 aliphatic heterocycles. The van der Waals surface area contributed by atoms with Gasteiger partial charge in [0.2, 0.25) is 12.1 Å². The molecule has 8 nitrogen and oxygen atoms in total. The Morgan fingerprint density at radius 2 is 2.04 bits per heavy atom. The summed E-state index contributed by atoms with van der Waals surface area (Å²) in [4.78, 5) is 28.1. The Morgan fingerprint density at radius 3 is 2.52 bits per heavy atom. The largest absolute Gasteiger partial charge is 0.394 e. The van der Waals surface area contributed by atoms with Crippen molar-refractivity contribution >= 4 is 11.7 Å². The summed E-state index contributed by atoms with van der Waals surface area (Å²) in [5.74, 6) is -4.32. The number of aromatic nitrogens is 2. The average molecular weight is 389 g/mol. The van der Waals surface area contributed by atoms with Crippen molar-refractivity contribution in [2.75, 3.05) is 11.9 Å². The molecule has 1 saturated heterocycles. The number of nitrogens with one attached hydrogen (secondary N) is 1. The Bertz CT molecular complexity index is 706. The number of hydrogen-bond donors (Lipinski definition) is 3. The zero-order valence-electron chi connectivity index (χ0n) is 15.3. The van der Waals surface area contributed by atoms with E-state index in [1.54, 1.807) is 0 Å². The maximum absolute atomic E-state index is 14.1. The smallest absolute Gasteiger partial charge is 0.351 e. The Labute approximate surface area is 155 Å². The molecular formula is C17H25F2N3O5. The van der Waals surface area contributed by atoms with E-state index in [1.807, 2.05) is 13.8 Å². The molecule has 0 aromatic carbocycles. The van der Waals surface area contributed by atoms with Crippen LogP contribution in [0.4, 0.5) is 14.6 Å². The van der Waals surface area contributed by atoms with Crippen molar-refractivity contribution in [2.24, 2.45) is 5.92 Å². The molecule has 0 bridgehead atoms. The monoisotopic (exact) mass is 389 g/mol. The zero-order valence-corrected chi connectivity index (χ0v) is 15.3. The first-order valence-corrected chi connectivity index (χ1v) is 8.98. The SMILES string of the molecule is CCCC(CCC)C(=O)Nc1ccn(C2O[C@H](CO)[C@@H](O)C2(F)F)c(=O)n1. The molecule has 1 aromatic heterocycles. The first kappa shape index (κ1) is 21.4. The summed E-state index contributed by atoms with van der Waals surface area (Å²) in [6, 6.07) is 1.21. The minimum absolute atomic E-state index is 0.0426. The van der Waals surface area contributed by atoms with E-state index in [0.717, 1.165) is 19.0 Å². The number of amides is 1. The molecule has 1 aromatic rings. The quantitative estimate of drug-likeness (QED) is 0.617. The molecule has 1 amide bonds. The number of anilines is 1. The fraction of sp³-hybridized carbons (Fsp3) is 0.706. The van der Waals surface area contributed by atoms with Crippen LogP contribution in [0.15, 0.2) is 17.1 Å². The number of carbonyl (C=O) groups excluding carboxylic acids is 1. The van der Waals surface area contributed by atoms with Crippen molar-refractivity contribution in [3.05, 3.63) is 22.7 Å². The third-order valence-corrected chi connectivity index (χ3v) is 4.54. The van der Waals surface area contributed by atoms with Gasteiger partial charge in [-0.25, -0.2) is 4.79 Å². The van der Waals surface area contributed by atoms with E-state index in [0.29, 0.717) is 17.4 Å². The maximum Gasteiger partial charge on any atom is 0.351 e. The van der Waals surface area contributed by atoms with Crippen molar-refractivity contribution in [1.29, 1.82) is 0 Å². The summed E-state index contributed by atoms with van der Waals surface area (Å²) in [5.41, 5.74) is -1.06. The highest BCUT2D eigenvalue weighted by Crippen LogP contribution is 2.41. The third kappa shape index (κ3) is 4.50. The van der Waals surface area contributed by atoms with Gasteiger partial charge in [-0.15, -0.1) is 0 Å². The minimum Gasteiger partial charge on any atom is -0.394 e. The standard InChI is InChI=1S/C17H25F2N3O5/c1-3-5-10(6-4-2)14(25)20-12-7-8-22(16(26)21-12)15-17(18,19)13(24)11(9-23)27-15/h7-8,10-11,13,15,23-24H,3-6,9H2,1-2H3,(H,20,21,25,26)/t11-,13-,15?/m1/s1. The highest BCUT2D eigenvalue weighted by molar-refractivity contribution is 5.91. The predicted octanol–water partition coefficient (Wildman–Crippen LogP) is 1.28. The van der Waals surface area contributed by atoms with Gasteiger partial charge in [-0.3, -0.25) is 9.36 Å². The molecule has 10 heteroatoms. The van der Waals surface area contributed by atoms with Gasteiger partial charge in [0.15, 0.2) is 6.10 Å². The Hall–Kier alpha value is -1.91. The highest BCUT2D eigenvalue weighted by atomic mass is 19.3. The Morgan fingerprint density at radius 1 is 1.41 bits per heavy atom. The lowest BCUT2D eigenvalue weighted by molar-refractivity contribution is -0.141. The van der Waals surface area contributed by atoms with Crippen LogP contribution in [-0.2, 0) is 9.53 Å². The molecule has 0 saturated carbocycles. The van der Waals surface area contributed by atoms with Crippen molar-refractivity contribution in [2.45, 2.75) is 63.9 Å². The molecule has 152 valence electrons. The summed E-state index contributed by atoms with van der Waals surface area (Å²) < 4.78 is 33.7. The van der Waals surface area contributed by atoms with Crippen LogP contribution in [0, 0.1) is 5.92 Å². The number of ether oxygens (including phenoxy) is 1. The van der Waals surface area contributed by atoms with Gasteiger partial charge >= 0.3 is 11.6 Å². The van der Waals surface area contributed by atoms with Gasteiger partial charge in [-0.2, -0.15) is 13.8 Å². The summed E-state index contributed by atoms with van der Waals surface area (Å²) in [7, 11) is 0. The lowest BCUT2D eigenvalue weighted by atomic mass is 9.97. The molecule has 0 spiro atoms. The Kier molecular flexibility index (Phi) is 7.01. The molecule has 2 rings (SSSR count). The summed E-state index contributed by atoms with van der Waals surface area (Å²) >= 11 is 0. The first-order valence-electron chi connectivity index (χ1n) is 8.98. The van der Waals surface area contributed by atoms with Crippen LogP contribution in [0.3, 0.4) is 0 Å². The van der Waals surface area contributed by atoms with Gasteiger partial charge in [0.25, 0.3) is 0 Å². The van der Waals surface area contributed by atoms with E-state index in [2.05, 4.69) is 10.3 Å². The van der Waals surface area contributed by atoms with Crippen LogP contribution < -0.4 is 11.0 Å². The molecular weight excluding hydrogens is 364 g/mol. The van der Waals surface area contributed by atoms with Crippen LogP contribution in [0.1, 0.15) is 45.8 Å². The summed E-state index contributed by atoms with van der Waals surface area (Å²) in [6.07, 6.45) is -1.79. The molecule has 3 N–H and O–H groups in total. The minimum atomic E-state index is -3.78. The fourth-order valence-electron chi connectivity index (χ4n) is 3.11. The number of aliphatic hydroxyl groups excluding tert-OH is 2. The van der Waals surface area contributed by atoms with E-state index in [9.17, 15) is 23.5 Å². The van der Waals surface area contributed by atoms with Gasteiger partial charge in [-0.1, -0.05) is 26.7 Å². The maximum atomic E-state index is 14.1. The first-order chi connectivity index (χ1) is 12.8. The molecule has 0 radical (unpaired) electrons.